The van der Waals surface area contributed by atoms with Crippen molar-refractivity contribution in [3.63, 3.8) is 0 Å². The minimum Gasteiger partial charge on any atom is -0.322 e. The Morgan fingerprint density at radius 3 is 2.32 bits per heavy atom. The molecular weight excluding hydrogens is 264 g/mol. The molecule has 2 amide bonds. The number of amides is 2. The second-order valence-electron chi connectivity index (χ2n) is 3.71. The van der Waals surface area contributed by atoms with E-state index in [1.165, 1.54) is 4.90 Å². The van der Waals surface area contributed by atoms with Gasteiger partial charge in [0.25, 0.3) is 0 Å². The molecule has 0 spiro atoms. The van der Waals surface area contributed by atoms with Crippen LogP contribution in [0.1, 0.15) is 12.8 Å². The number of benzene rings is 1. The van der Waals surface area contributed by atoms with Gasteiger partial charge in [-0.25, -0.2) is 4.79 Å². The second kappa shape index (κ2) is 7.97. The highest BCUT2D eigenvalue weighted by Gasteiger charge is 2.13. The Balaban J connectivity index is 2.69. The van der Waals surface area contributed by atoms with Gasteiger partial charge in [0.2, 0.25) is 0 Å². The van der Waals surface area contributed by atoms with Crippen LogP contribution in [0.2, 0.25) is 5.02 Å². The summed E-state index contributed by atoms with van der Waals surface area (Å²) in [7, 11) is 0. The molecule has 0 fully saturated rings. The van der Waals surface area contributed by atoms with Crippen molar-refractivity contribution < 1.29 is 4.79 Å². The zero-order valence-electron chi connectivity index (χ0n) is 10.3. The van der Waals surface area contributed by atoms with E-state index in [-0.39, 0.29) is 32.0 Å². The number of hydrogen-bond donors (Lipinski definition) is 1. The number of halogens is 1. The minimum absolute atomic E-state index is 0.224. The summed E-state index contributed by atoms with van der Waals surface area (Å²) in [5, 5.41) is 20.2. The zero-order valence-corrected chi connectivity index (χ0v) is 11.0. The molecule has 0 bridgehead atoms. The average Bonchev–Trinajstić information content (AvgIpc) is 2.41. The van der Waals surface area contributed by atoms with Crippen molar-refractivity contribution in [2.75, 3.05) is 18.4 Å². The molecule has 0 aliphatic carbocycles. The van der Waals surface area contributed by atoms with E-state index in [0.717, 1.165) is 0 Å². The monoisotopic (exact) mass is 276 g/mol. The fraction of sp³-hybridized carbons (Fsp3) is 0.308. The molecule has 0 unspecified atom stereocenters. The third kappa shape index (κ3) is 4.87. The molecule has 0 heterocycles. The predicted octanol–water partition coefficient (Wildman–Crippen LogP) is 3.00. The van der Waals surface area contributed by atoms with Crippen molar-refractivity contribution >= 4 is 23.3 Å². The number of rotatable bonds is 5. The normalized spacial score (nSPS) is 9.21. The number of para-hydroxylation sites is 1. The molecule has 1 rings (SSSR count). The minimum atomic E-state index is -0.362. The Hall–Kier alpha value is -2.24. The van der Waals surface area contributed by atoms with Crippen LogP contribution in [0.4, 0.5) is 10.5 Å². The fourth-order valence-electron chi connectivity index (χ4n) is 1.44. The molecule has 0 aromatic heterocycles. The Kier molecular flexibility index (Phi) is 6.21. The first-order valence-electron chi connectivity index (χ1n) is 5.73. The van der Waals surface area contributed by atoms with Gasteiger partial charge in [-0.15, -0.1) is 0 Å². The SMILES string of the molecule is N#CCCN(CCC#N)C(=O)Nc1ccccc1Cl. The van der Waals surface area contributed by atoms with Crippen LogP contribution >= 0.6 is 11.6 Å². The predicted molar refractivity (Wildman–Crippen MR) is 72.5 cm³/mol. The van der Waals surface area contributed by atoms with Crippen molar-refractivity contribution in [1.29, 1.82) is 10.5 Å². The van der Waals surface area contributed by atoms with Gasteiger partial charge in [0.05, 0.1) is 35.7 Å². The molecule has 0 saturated heterocycles. The largest absolute Gasteiger partial charge is 0.322 e. The maximum absolute atomic E-state index is 12.0. The first kappa shape index (κ1) is 14.8. The number of urea groups is 1. The van der Waals surface area contributed by atoms with Gasteiger partial charge in [-0.2, -0.15) is 10.5 Å². The lowest BCUT2D eigenvalue weighted by Crippen LogP contribution is -2.36. The van der Waals surface area contributed by atoms with Gasteiger partial charge in [0.15, 0.2) is 0 Å². The lowest BCUT2D eigenvalue weighted by Gasteiger charge is -2.21. The van der Waals surface area contributed by atoms with Crippen LogP contribution in [0.3, 0.4) is 0 Å². The molecule has 0 aliphatic rings. The van der Waals surface area contributed by atoms with Crippen LogP contribution < -0.4 is 5.32 Å². The van der Waals surface area contributed by atoms with E-state index in [0.29, 0.717) is 10.7 Å². The van der Waals surface area contributed by atoms with E-state index in [4.69, 9.17) is 22.1 Å². The summed E-state index contributed by atoms with van der Waals surface area (Å²) in [6.07, 6.45) is 0.447. The number of anilines is 1. The summed E-state index contributed by atoms with van der Waals surface area (Å²) < 4.78 is 0. The van der Waals surface area contributed by atoms with Gasteiger partial charge < -0.3 is 10.2 Å². The van der Waals surface area contributed by atoms with Gasteiger partial charge >= 0.3 is 6.03 Å². The van der Waals surface area contributed by atoms with Crippen LogP contribution in [-0.2, 0) is 0 Å². The van der Waals surface area contributed by atoms with E-state index < -0.39 is 0 Å². The molecule has 98 valence electrons. The van der Waals surface area contributed by atoms with Crippen molar-refractivity contribution in [3.05, 3.63) is 29.3 Å². The third-order valence-corrected chi connectivity index (χ3v) is 2.72. The van der Waals surface area contributed by atoms with E-state index in [2.05, 4.69) is 5.32 Å². The number of nitrogens with one attached hydrogen (secondary N) is 1. The van der Waals surface area contributed by atoms with Crippen LogP contribution in [0, 0.1) is 22.7 Å². The van der Waals surface area contributed by atoms with E-state index in [1.54, 1.807) is 24.3 Å². The van der Waals surface area contributed by atoms with Gasteiger partial charge in [-0.1, -0.05) is 23.7 Å². The van der Waals surface area contributed by atoms with Crippen molar-refractivity contribution in [3.8, 4) is 12.1 Å². The summed E-state index contributed by atoms with van der Waals surface area (Å²) in [5.41, 5.74) is 0.507. The average molecular weight is 277 g/mol. The Labute approximate surface area is 117 Å². The molecule has 5 nitrogen and oxygen atoms in total. The Bertz CT molecular complexity index is 500. The molecule has 19 heavy (non-hydrogen) atoms. The first-order valence-corrected chi connectivity index (χ1v) is 6.11. The molecule has 0 saturated carbocycles. The van der Waals surface area contributed by atoms with Crippen LogP contribution in [0.25, 0.3) is 0 Å². The van der Waals surface area contributed by atoms with Gasteiger partial charge in [-0.05, 0) is 12.1 Å². The zero-order chi connectivity index (χ0) is 14.1. The maximum atomic E-state index is 12.0. The Morgan fingerprint density at radius 1 is 1.21 bits per heavy atom. The van der Waals surface area contributed by atoms with E-state index in [9.17, 15) is 4.79 Å². The van der Waals surface area contributed by atoms with Crippen molar-refractivity contribution in [1.82, 2.24) is 4.90 Å². The summed E-state index contributed by atoms with van der Waals surface area (Å²) >= 11 is 5.94. The molecule has 0 atom stereocenters. The number of carbonyl (C=O) groups is 1. The summed E-state index contributed by atoms with van der Waals surface area (Å²) in [4.78, 5) is 13.4. The van der Waals surface area contributed by atoms with E-state index in [1.807, 2.05) is 12.1 Å². The highest BCUT2D eigenvalue weighted by Crippen LogP contribution is 2.20. The molecule has 0 aliphatic heterocycles. The fourth-order valence-corrected chi connectivity index (χ4v) is 1.62. The summed E-state index contributed by atoms with van der Waals surface area (Å²) in [6, 6.07) is 10.5. The number of carbonyl (C=O) groups excluding carboxylic acids is 1. The lowest BCUT2D eigenvalue weighted by molar-refractivity contribution is 0.214. The topological polar surface area (TPSA) is 79.9 Å². The third-order valence-electron chi connectivity index (χ3n) is 2.39. The number of hydrogen-bond acceptors (Lipinski definition) is 3. The molecule has 6 heteroatoms. The molecule has 1 aromatic carbocycles. The number of nitrogens with zero attached hydrogens (tertiary/aromatic N) is 3. The standard InChI is InChI=1S/C13H13ClN4O/c14-11-5-1-2-6-12(11)17-13(19)18(9-3-7-15)10-4-8-16/h1-2,5-6H,3-4,9-10H2,(H,17,19). The molecule has 1 aromatic rings. The van der Waals surface area contributed by atoms with Crippen LogP contribution in [0.5, 0.6) is 0 Å². The summed E-state index contributed by atoms with van der Waals surface area (Å²) in [6.45, 7) is 0.572. The van der Waals surface area contributed by atoms with Gasteiger partial charge in [-0.3, -0.25) is 0 Å². The quantitative estimate of drug-likeness (QED) is 0.898. The van der Waals surface area contributed by atoms with Crippen molar-refractivity contribution in [2.45, 2.75) is 12.8 Å². The van der Waals surface area contributed by atoms with Crippen LogP contribution in [-0.4, -0.2) is 24.0 Å². The highest BCUT2D eigenvalue weighted by molar-refractivity contribution is 6.33. The molecule has 0 radical (unpaired) electrons. The van der Waals surface area contributed by atoms with Gasteiger partial charge in [0, 0.05) is 13.1 Å². The second-order valence-corrected chi connectivity index (χ2v) is 4.12. The smallest absolute Gasteiger partial charge is 0.321 e. The molecular formula is C13H13ClN4O. The maximum Gasteiger partial charge on any atom is 0.321 e. The lowest BCUT2D eigenvalue weighted by atomic mass is 10.3. The van der Waals surface area contributed by atoms with Crippen LogP contribution in [0.15, 0.2) is 24.3 Å². The molecule has 1 N–H and O–H groups in total. The van der Waals surface area contributed by atoms with Gasteiger partial charge in [0.1, 0.15) is 0 Å². The van der Waals surface area contributed by atoms with Crippen molar-refractivity contribution in [2.24, 2.45) is 0 Å². The first-order chi connectivity index (χ1) is 9.19. The Morgan fingerprint density at radius 2 is 1.79 bits per heavy atom. The van der Waals surface area contributed by atoms with E-state index >= 15 is 0 Å². The highest BCUT2D eigenvalue weighted by atomic mass is 35.5. The summed E-state index contributed by atoms with van der Waals surface area (Å²) in [5.74, 6) is 0. The number of nitriles is 2.